The summed E-state index contributed by atoms with van der Waals surface area (Å²) < 4.78 is 76.9. The van der Waals surface area contributed by atoms with Gasteiger partial charge in [0.1, 0.15) is 0 Å². The minimum absolute atomic E-state index is 0.0590. The van der Waals surface area contributed by atoms with Gasteiger partial charge < -0.3 is 42.1 Å². The van der Waals surface area contributed by atoms with Crippen LogP contribution in [0.3, 0.4) is 0 Å². The van der Waals surface area contributed by atoms with Crippen molar-refractivity contribution in [2.45, 2.75) is 65.4 Å². The molecule has 56 heavy (non-hydrogen) atoms. The van der Waals surface area contributed by atoms with Crippen LogP contribution in [0.4, 0.5) is 66.2 Å². The van der Waals surface area contributed by atoms with Crippen molar-refractivity contribution in [2.75, 3.05) is 77.1 Å². The first-order chi connectivity index (χ1) is 26.2. The van der Waals surface area contributed by atoms with Crippen LogP contribution in [0.15, 0.2) is 54.6 Å². The van der Waals surface area contributed by atoms with Crippen molar-refractivity contribution in [3.8, 4) is 0 Å². The Hall–Kier alpha value is -4.31. The molecular formula is C39H51ClF6N8OS. The van der Waals surface area contributed by atoms with Crippen molar-refractivity contribution in [1.82, 2.24) is 5.32 Å². The molecule has 5 rings (SSSR count). The van der Waals surface area contributed by atoms with Crippen molar-refractivity contribution in [2.24, 2.45) is 17.3 Å². The molecule has 2 saturated heterocycles. The molecule has 0 unspecified atom stereocenters. The average Bonchev–Trinajstić information content (AvgIpc) is 3.14. The summed E-state index contributed by atoms with van der Waals surface area (Å²) in [6, 6.07) is 16.5. The van der Waals surface area contributed by atoms with Gasteiger partial charge in [-0.2, -0.15) is 26.3 Å². The number of amides is 1. The van der Waals surface area contributed by atoms with Crippen molar-refractivity contribution in [3.05, 3.63) is 65.2 Å². The minimum Gasteiger partial charge on any atom is -0.397 e. The molecule has 17 heteroatoms. The highest BCUT2D eigenvalue weighted by atomic mass is 35.5. The lowest BCUT2D eigenvalue weighted by atomic mass is 9.95. The average molecular weight is 829 g/mol. The molecule has 9 nitrogen and oxygen atoms in total. The summed E-state index contributed by atoms with van der Waals surface area (Å²) in [5, 5.41) is 16.0. The Bertz CT molecular complexity index is 1800. The van der Waals surface area contributed by atoms with Gasteiger partial charge in [-0.25, -0.2) is 0 Å². The van der Waals surface area contributed by atoms with Gasteiger partial charge in [0.15, 0.2) is 5.11 Å². The Morgan fingerprint density at radius 1 is 0.732 bits per heavy atom. The van der Waals surface area contributed by atoms with Crippen LogP contribution in [-0.2, 0) is 11.3 Å². The fraction of sp³-hybridized carbons (Fsp3) is 0.487. The van der Waals surface area contributed by atoms with Gasteiger partial charge in [0, 0.05) is 63.6 Å². The van der Waals surface area contributed by atoms with E-state index in [1.165, 1.54) is 0 Å². The topological polar surface area (TPSA) is 110 Å². The lowest BCUT2D eigenvalue weighted by Gasteiger charge is -2.34. The molecule has 2 heterocycles. The van der Waals surface area contributed by atoms with E-state index in [4.69, 9.17) is 29.6 Å². The number of nitrogens with one attached hydrogen (secondary N) is 5. The molecule has 308 valence electrons. The Morgan fingerprint density at radius 2 is 1.21 bits per heavy atom. The van der Waals surface area contributed by atoms with Crippen LogP contribution in [-0.4, -0.2) is 63.6 Å². The van der Waals surface area contributed by atoms with Gasteiger partial charge in [0.2, 0.25) is 5.91 Å². The third kappa shape index (κ3) is 12.3. The van der Waals surface area contributed by atoms with E-state index >= 15 is 0 Å². The number of halogens is 7. The van der Waals surface area contributed by atoms with Crippen LogP contribution in [0.2, 0.25) is 5.02 Å². The van der Waals surface area contributed by atoms with Gasteiger partial charge in [0.05, 0.1) is 45.3 Å². The standard InChI is InChI=1S/C26H33ClF3N5OS.C13H18F3N3/c1-25(2,3)23(36)32-15-16-5-7-19(27)21(13-16)33-24(37)34-22-14-18(6-8-20(22)31-4)35-11-9-17(10-12-35)26(28,29)30;1-18-12-3-2-10(8-11(12)17)19-6-4-9(5-7-19)13(14,15)16/h5-8,13-14,17,31H,9-12,15H2,1-4H3,(H,32,36)(H2,33,34,37);2-3,8-9,18H,4-7,17H2,1H3. The molecule has 3 aromatic carbocycles. The monoisotopic (exact) mass is 828 g/mol. The number of thiocarbonyl (C=S) groups is 1. The van der Waals surface area contributed by atoms with Gasteiger partial charge in [-0.1, -0.05) is 38.4 Å². The zero-order chi connectivity index (χ0) is 41.4. The largest absolute Gasteiger partial charge is 0.397 e. The van der Waals surface area contributed by atoms with E-state index in [1.54, 1.807) is 26.2 Å². The molecule has 2 aliphatic rings. The Kier molecular flexibility index (Phi) is 14.9. The number of rotatable bonds is 8. The molecule has 2 fully saturated rings. The highest BCUT2D eigenvalue weighted by Gasteiger charge is 2.42. The van der Waals surface area contributed by atoms with E-state index in [1.807, 2.05) is 73.0 Å². The maximum absolute atomic E-state index is 13.0. The number of benzene rings is 3. The summed E-state index contributed by atoms with van der Waals surface area (Å²) in [6.07, 6.45) is -7.77. The number of piperidine rings is 2. The summed E-state index contributed by atoms with van der Waals surface area (Å²) in [5.74, 6) is -2.48. The molecule has 0 atom stereocenters. The van der Waals surface area contributed by atoms with Gasteiger partial charge in [0.25, 0.3) is 0 Å². The molecule has 0 radical (unpaired) electrons. The molecule has 0 aliphatic carbocycles. The summed E-state index contributed by atoms with van der Waals surface area (Å²) >= 11 is 11.9. The van der Waals surface area contributed by atoms with Crippen molar-refractivity contribution >= 4 is 74.7 Å². The normalized spacial score (nSPS) is 15.7. The fourth-order valence-electron chi connectivity index (χ4n) is 6.46. The molecular weight excluding hydrogens is 778 g/mol. The second-order valence-electron chi connectivity index (χ2n) is 14.9. The van der Waals surface area contributed by atoms with Crippen LogP contribution < -0.4 is 42.1 Å². The molecule has 2 aliphatic heterocycles. The molecule has 1 amide bonds. The summed E-state index contributed by atoms with van der Waals surface area (Å²) in [7, 11) is 3.55. The Morgan fingerprint density at radius 3 is 1.68 bits per heavy atom. The van der Waals surface area contributed by atoms with Gasteiger partial charge in [-0.05, 0) is 92.0 Å². The van der Waals surface area contributed by atoms with E-state index in [0.29, 0.717) is 59.9 Å². The summed E-state index contributed by atoms with van der Waals surface area (Å²) in [4.78, 5) is 16.1. The number of hydrogen-bond donors (Lipinski definition) is 6. The quantitative estimate of drug-likeness (QED) is 0.0752. The van der Waals surface area contributed by atoms with Gasteiger partial charge >= 0.3 is 12.4 Å². The van der Waals surface area contributed by atoms with Crippen LogP contribution in [0.1, 0.15) is 52.0 Å². The van der Waals surface area contributed by atoms with Gasteiger partial charge in [-0.3, -0.25) is 4.79 Å². The Labute approximate surface area is 335 Å². The molecule has 3 aromatic rings. The van der Waals surface area contributed by atoms with E-state index in [-0.39, 0.29) is 31.6 Å². The SMILES string of the molecule is CNc1ccc(N2CCC(C(F)(F)F)CC2)cc1N.CNc1ccc(N2CCC(C(F)(F)F)CC2)cc1NC(=S)Nc1cc(CNC(=O)C(C)(C)C)ccc1Cl. The first-order valence-electron chi connectivity index (χ1n) is 18.4. The number of anilines is 7. The number of carbonyl (C=O) groups is 1. The third-order valence-electron chi connectivity index (χ3n) is 9.88. The highest BCUT2D eigenvalue weighted by Crippen LogP contribution is 2.38. The maximum Gasteiger partial charge on any atom is 0.391 e. The van der Waals surface area contributed by atoms with Crippen LogP contribution >= 0.6 is 23.8 Å². The number of alkyl halides is 6. The number of nitrogens with zero attached hydrogens (tertiary/aromatic N) is 2. The molecule has 0 spiro atoms. The highest BCUT2D eigenvalue weighted by molar-refractivity contribution is 7.80. The van der Waals surface area contributed by atoms with Crippen molar-refractivity contribution in [1.29, 1.82) is 0 Å². The maximum atomic E-state index is 13.0. The summed E-state index contributed by atoms with van der Waals surface area (Å²) in [6.45, 7) is 7.39. The fourth-order valence-corrected chi connectivity index (χ4v) is 6.84. The first-order valence-corrected chi connectivity index (χ1v) is 19.1. The second kappa shape index (κ2) is 18.8. The van der Waals surface area contributed by atoms with Crippen LogP contribution in [0, 0.1) is 17.3 Å². The molecule has 0 saturated carbocycles. The zero-order valence-corrected chi connectivity index (χ0v) is 33.7. The summed E-state index contributed by atoms with van der Waals surface area (Å²) in [5.41, 5.74) is 11.4. The van der Waals surface area contributed by atoms with Crippen molar-refractivity contribution < 1.29 is 31.1 Å². The zero-order valence-electron chi connectivity index (χ0n) is 32.1. The van der Waals surface area contributed by atoms with E-state index in [0.717, 1.165) is 28.3 Å². The lowest BCUT2D eigenvalue weighted by molar-refractivity contribution is -0.179. The minimum atomic E-state index is -4.15. The first kappa shape index (κ1) is 44.4. The van der Waals surface area contributed by atoms with Gasteiger partial charge in [-0.15, -0.1) is 0 Å². The molecule has 7 N–H and O–H groups in total. The number of nitrogen functional groups attached to an aromatic ring is 1. The third-order valence-corrected chi connectivity index (χ3v) is 10.4. The Balaban J connectivity index is 0.000000306. The van der Waals surface area contributed by atoms with Crippen LogP contribution in [0.5, 0.6) is 0 Å². The van der Waals surface area contributed by atoms with Crippen molar-refractivity contribution in [3.63, 3.8) is 0 Å². The number of hydrogen-bond acceptors (Lipinski definition) is 7. The van der Waals surface area contributed by atoms with E-state index in [2.05, 4.69) is 26.6 Å². The molecule has 0 aromatic heterocycles. The van der Waals surface area contributed by atoms with Crippen LogP contribution in [0.25, 0.3) is 0 Å². The second-order valence-corrected chi connectivity index (χ2v) is 15.7. The number of carbonyl (C=O) groups excluding carboxylic acids is 1. The predicted octanol–water partition coefficient (Wildman–Crippen LogP) is 9.72. The lowest BCUT2D eigenvalue weighted by Crippen LogP contribution is -2.39. The smallest absolute Gasteiger partial charge is 0.391 e. The predicted molar refractivity (Wildman–Crippen MR) is 221 cm³/mol. The molecule has 0 bridgehead atoms. The van der Waals surface area contributed by atoms with E-state index in [9.17, 15) is 31.1 Å². The number of nitrogens with two attached hydrogens (primary N) is 1. The van der Waals surface area contributed by atoms with E-state index < -0.39 is 29.6 Å².